The van der Waals surface area contributed by atoms with Gasteiger partial charge in [0, 0.05) is 24.1 Å². The number of hydrogen-bond donors (Lipinski definition) is 1. The number of thioether (sulfide) groups is 1. The molecule has 0 aromatic heterocycles. The molecule has 0 unspecified atom stereocenters. The van der Waals surface area contributed by atoms with Crippen molar-refractivity contribution in [2.24, 2.45) is 0 Å². The summed E-state index contributed by atoms with van der Waals surface area (Å²) in [5, 5.41) is 2.90. The van der Waals surface area contributed by atoms with Crippen LogP contribution < -0.4 is 14.8 Å². The average Bonchev–Trinajstić information content (AvgIpc) is 3.07. The number of carbonyl (C=O) groups is 1. The van der Waals surface area contributed by atoms with Crippen LogP contribution >= 0.6 is 11.8 Å². The van der Waals surface area contributed by atoms with Gasteiger partial charge in [0.15, 0.2) is 11.5 Å². The fourth-order valence-corrected chi connectivity index (χ4v) is 3.29. The molecule has 2 aromatic rings. The van der Waals surface area contributed by atoms with Crippen LogP contribution in [-0.2, 0) is 10.5 Å². The summed E-state index contributed by atoms with van der Waals surface area (Å²) in [6.45, 7) is 3.00. The van der Waals surface area contributed by atoms with Crippen molar-refractivity contribution < 1.29 is 14.3 Å². The fourth-order valence-electron chi connectivity index (χ4n) is 2.49. The molecule has 0 radical (unpaired) electrons. The Morgan fingerprint density at radius 2 is 2.08 bits per heavy atom. The number of amides is 1. The zero-order valence-electron chi connectivity index (χ0n) is 14.2. The van der Waals surface area contributed by atoms with E-state index in [-0.39, 0.29) is 12.7 Å². The Morgan fingerprint density at radius 3 is 2.96 bits per heavy atom. The number of benzene rings is 2. The molecule has 25 heavy (non-hydrogen) atoms. The Morgan fingerprint density at radius 1 is 1.20 bits per heavy atom. The smallest absolute Gasteiger partial charge is 0.244 e. The zero-order valence-corrected chi connectivity index (χ0v) is 15.0. The summed E-state index contributed by atoms with van der Waals surface area (Å²) in [6.07, 6.45) is 3.32. The molecule has 5 heteroatoms. The quantitative estimate of drug-likeness (QED) is 0.606. The highest BCUT2D eigenvalue weighted by Crippen LogP contribution is 2.32. The third kappa shape index (κ3) is 5.29. The summed E-state index contributed by atoms with van der Waals surface area (Å²) in [5.74, 6) is 3.22. The van der Waals surface area contributed by atoms with Crippen molar-refractivity contribution >= 4 is 23.7 Å². The SMILES string of the molecule is Cc1cccc(CSCCNC(=O)/C=C/c2ccc3c(c2)OCO3)c1. The van der Waals surface area contributed by atoms with Crippen molar-refractivity contribution in [3.05, 3.63) is 65.2 Å². The molecular weight excluding hydrogens is 334 g/mol. The van der Waals surface area contributed by atoms with Gasteiger partial charge < -0.3 is 14.8 Å². The normalized spacial score (nSPS) is 12.5. The van der Waals surface area contributed by atoms with Crippen LogP contribution in [-0.4, -0.2) is 25.0 Å². The van der Waals surface area contributed by atoms with Crippen LogP contribution in [0.2, 0.25) is 0 Å². The lowest BCUT2D eigenvalue weighted by molar-refractivity contribution is -0.116. The third-order valence-electron chi connectivity index (χ3n) is 3.72. The first-order chi connectivity index (χ1) is 12.2. The van der Waals surface area contributed by atoms with Crippen molar-refractivity contribution in [3.8, 4) is 11.5 Å². The van der Waals surface area contributed by atoms with Crippen LogP contribution in [0.25, 0.3) is 6.08 Å². The minimum atomic E-state index is -0.0891. The lowest BCUT2D eigenvalue weighted by Gasteiger charge is -2.04. The first kappa shape index (κ1) is 17.4. The van der Waals surface area contributed by atoms with E-state index >= 15 is 0 Å². The number of fused-ring (bicyclic) bond motifs is 1. The first-order valence-electron chi connectivity index (χ1n) is 8.19. The molecule has 130 valence electrons. The second kappa shape index (κ2) is 8.62. The summed E-state index contributed by atoms with van der Waals surface area (Å²) in [5.41, 5.74) is 3.51. The van der Waals surface area contributed by atoms with Crippen molar-refractivity contribution in [1.82, 2.24) is 5.32 Å². The lowest BCUT2D eigenvalue weighted by Crippen LogP contribution is -2.23. The first-order valence-corrected chi connectivity index (χ1v) is 9.35. The molecule has 0 bridgehead atoms. The molecule has 0 atom stereocenters. The number of carbonyl (C=O) groups excluding carboxylic acids is 1. The van der Waals surface area contributed by atoms with Crippen molar-refractivity contribution in [2.45, 2.75) is 12.7 Å². The van der Waals surface area contributed by atoms with Crippen LogP contribution in [0, 0.1) is 6.92 Å². The molecule has 1 aliphatic heterocycles. The number of aryl methyl sites for hydroxylation is 1. The highest BCUT2D eigenvalue weighted by Gasteiger charge is 2.12. The molecule has 1 aliphatic rings. The molecule has 4 nitrogen and oxygen atoms in total. The highest BCUT2D eigenvalue weighted by atomic mass is 32.2. The van der Waals surface area contributed by atoms with Gasteiger partial charge in [-0.15, -0.1) is 0 Å². The minimum absolute atomic E-state index is 0.0891. The van der Waals surface area contributed by atoms with E-state index in [4.69, 9.17) is 9.47 Å². The summed E-state index contributed by atoms with van der Waals surface area (Å²) >= 11 is 1.82. The van der Waals surface area contributed by atoms with E-state index in [0.717, 1.165) is 28.6 Å². The van der Waals surface area contributed by atoms with E-state index in [0.29, 0.717) is 6.54 Å². The van der Waals surface area contributed by atoms with Crippen molar-refractivity contribution in [2.75, 3.05) is 19.1 Å². The molecule has 0 aliphatic carbocycles. The van der Waals surface area contributed by atoms with Crippen LogP contribution in [0.3, 0.4) is 0 Å². The fraction of sp³-hybridized carbons (Fsp3) is 0.250. The van der Waals surface area contributed by atoms with Gasteiger partial charge in [-0.1, -0.05) is 35.9 Å². The van der Waals surface area contributed by atoms with E-state index in [1.165, 1.54) is 11.1 Å². The maximum Gasteiger partial charge on any atom is 0.244 e. The summed E-state index contributed by atoms with van der Waals surface area (Å²) in [6, 6.07) is 14.1. The maximum absolute atomic E-state index is 11.9. The highest BCUT2D eigenvalue weighted by molar-refractivity contribution is 7.98. The molecular formula is C20H21NO3S. The van der Waals surface area contributed by atoms with Gasteiger partial charge >= 0.3 is 0 Å². The summed E-state index contributed by atoms with van der Waals surface area (Å²) in [7, 11) is 0. The molecule has 3 rings (SSSR count). The van der Waals surface area contributed by atoms with Gasteiger partial charge in [0.05, 0.1) is 0 Å². The van der Waals surface area contributed by atoms with Crippen molar-refractivity contribution in [1.29, 1.82) is 0 Å². The van der Waals surface area contributed by atoms with Gasteiger partial charge in [0.25, 0.3) is 0 Å². The van der Waals surface area contributed by atoms with Gasteiger partial charge in [-0.3, -0.25) is 4.79 Å². The van der Waals surface area contributed by atoms with E-state index in [9.17, 15) is 4.79 Å². The molecule has 2 aromatic carbocycles. The van der Waals surface area contributed by atoms with Crippen LogP contribution in [0.5, 0.6) is 11.5 Å². The standard InChI is InChI=1S/C20H21NO3S/c1-15-3-2-4-17(11-15)13-25-10-9-21-20(22)8-6-16-5-7-18-19(12-16)24-14-23-18/h2-8,11-12H,9-10,13-14H2,1H3,(H,21,22)/b8-6+. The molecule has 1 N–H and O–H groups in total. The Kier molecular flexibility index (Phi) is 6.01. The Labute approximate surface area is 152 Å². The van der Waals surface area contributed by atoms with E-state index in [1.54, 1.807) is 12.2 Å². The molecule has 0 fully saturated rings. The van der Waals surface area contributed by atoms with Gasteiger partial charge in [-0.2, -0.15) is 11.8 Å². The van der Waals surface area contributed by atoms with E-state index in [2.05, 4.69) is 36.5 Å². The Bertz CT molecular complexity index is 773. The molecule has 0 spiro atoms. The number of nitrogens with one attached hydrogen (secondary N) is 1. The summed E-state index contributed by atoms with van der Waals surface area (Å²) < 4.78 is 10.6. The summed E-state index contributed by atoms with van der Waals surface area (Å²) in [4.78, 5) is 11.9. The van der Waals surface area contributed by atoms with E-state index < -0.39 is 0 Å². The average molecular weight is 355 g/mol. The van der Waals surface area contributed by atoms with Crippen LogP contribution in [0.4, 0.5) is 0 Å². The maximum atomic E-state index is 11.9. The monoisotopic (exact) mass is 355 g/mol. The van der Waals surface area contributed by atoms with Gasteiger partial charge in [-0.25, -0.2) is 0 Å². The minimum Gasteiger partial charge on any atom is -0.454 e. The molecule has 0 saturated carbocycles. The van der Waals surface area contributed by atoms with Gasteiger partial charge in [0.1, 0.15) is 0 Å². The molecule has 0 saturated heterocycles. The predicted molar refractivity (Wildman–Crippen MR) is 102 cm³/mol. The number of rotatable bonds is 7. The zero-order chi connectivity index (χ0) is 17.5. The van der Waals surface area contributed by atoms with Gasteiger partial charge in [0.2, 0.25) is 12.7 Å². The van der Waals surface area contributed by atoms with Crippen LogP contribution in [0.1, 0.15) is 16.7 Å². The number of hydrogen-bond acceptors (Lipinski definition) is 4. The number of ether oxygens (including phenoxy) is 2. The Balaban J connectivity index is 1.36. The second-order valence-corrected chi connectivity index (χ2v) is 6.88. The largest absolute Gasteiger partial charge is 0.454 e. The topological polar surface area (TPSA) is 47.6 Å². The molecule has 1 heterocycles. The van der Waals surface area contributed by atoms with Crippen LogP contribution in [0.15, 0.2) is 48.5 Å². The van der Waals surface area contributed by atoms with Crippen molar-refractivity contribution in [3.63, 3.8) is 0 Å². The second-order valence-electron chi connectivity index (χ2n) is 5.78. The molecule has 1 amide bonds. The lowest BCUT2D eigenvalue weighted by atomic mass is 10.2. The van der Waals surface area contributed by atoms with E-state index in [1.807, 2.05) is 30.0 Å². The third-order valence-corrected chi connectivity index (χ3v) is 4.75. The predicted octanol–water partition coefficient (Wildman–Crippen LogP) is 3.79. The Hall–Kier alpha value is -2.40. The van der Waals surface area contributed by atoms with Gasteiger partial charge in [-0.05, 0) is 36.3 Å².